The molecule has 0 radical (unpaired) electrons. The van der Waals surface area contributed by atoms with E-state index in [9.17, 15) is 14.4 Å². The average Bonchev–Trinajstić information content (AvgIpc) is 2.38. The van der Waals surface area contributed by atoms with Gasteiger partial charge in [0.1, 0.15) is 23.3 Å². The molecule has 146 valence electrons. The van der Waals surface area contributed by atoms with Crippen molar-refractivity contribution in [3.63, 3.8) is 0 Å². The van der Waals surface area contributed by atoms with Crippen LogP contribution in [0.15, 0.2) is 0 Å². The van der Waals surface area contributed by atoms with Gasteiger partial charge in [-0.2, -0.15) is 0 Å². The summed E-state index contributed by atoms with van der Waals surface area (Å²) in [7, 11) is 0. The lowest BCUT2D eigenvalue weighted by Crippen LogP contribution is -2.52. The Balaban J connectivity index is 4.78. The van der Waals surface area contributed by atoms with Gasteiger partial charge in [0, 0.05) is 0 Å². The van der Waals surface area contributed by atoms with Crippen LogP contribution < -0.4 is 10.6 Å². The summed E-state index contributed by atoms with van der Waals surface area (Å²) < 4.78 is 10.5. The molecule has 7 heteroatoms. The van der Waals surface area contributed by atoms with Crippen LogP contribution in [0.3, 0.4) is 0 Å². The molecule has 0 saturated carbocycles. The van der Waals surface area contributed by atoms with Gasteiger partial charge in [-0.15, -0.1) is 0 Å². The highest BCUT2D eigenvalue weighted by atomic mass is 16.6. The molecule has 7 nitrogen and oxygen atoms in total. The zero-order valence-electron chi connectivity index (χ0n) is 16.8. The van der Waals surface area contributed by atoms with Crippen molar-refractivity contribution in [2.75, 3.05) is 0 Å². The lowest BCUT2D eigenvalue weighted by molar-refractivity contribution is -0.159. The predicted octanol–water partition coefficient (Wildman–Crippen LogP) is 2.92. The predicted molar refractivity (Wildman–Crippen MR) is 96.1 cm³/mol. The smallest absolute Gasteiger partial charge is 0.408 e. The third-order valence-corrected chi connectivity index (χ3v) is 2.98. The second kappa shape index (κ2) is 9.63. The molecule has 0 aliphatic rings. The van der Waals surface area contributed by atoms with E-state index in [0.717, 1.165) is 12.8 Å². The Bertz CT molecular complexity index is 463. The van der Waals surface area contributed by atoms with Crippen molar-refractivity contribution in [2.45, 2.75) is 97.9 Å². The van der Waals surface area contributed by atoms with Crippen LogP contribution in [-0.2, 0) is 19.1 Å². The molecule has 0 saturated heterocycles. The Labute approximate surface area is 151 Å². The molecule has 0 rings (SSSR count). The monoisotopic (exact) mass is 358 g/mol. The molecule has 0 bridgehead atoms. The third-order valence-electron chi connectivity index (χ3n) is 2.98. The fourth-order valence-corrected chi connectivity index (χ4v) is 1.88. The molecule has 0 spiro atoms. The van der Waals surface area contributed by atoms with Gasteiger partial charge in [0.25, 0.3) is 0 Å². The number of unbranched alkanes of at least 4 members (excludes halogenated alkanes) is 1. The summed E-state index contributed by atoms with van der Waals surface area (Å²) >= 11 is 0. The zero-order chi connectivity index (χ0) is 19.8. The largest absolute Gasteiger partial charge is 0.458 e. The summed E-state index contributed by atoms with van der Waals surface area (Å²) in [4.78, 5) is 36.3. The van der Waals surface area contributed by atoms with Gasteiger partial charge in [0.05, 0.1) is 0 Å². The van der Waals surface area contributed by atoms with E-state index in [1.165, 1.54) is 6.92 Å². The number of esters is 1. The molecule has 0 aromatic heterocycles. The van der Waals surface area contributed by atoms with Gasteiger partial charge in [0.15, 0.2) is 0 Å². The van der Waals surface area contributed by atoms with Crippen molar-refractivity contribution >= 4 is 18.0 Å². The Kier molecular flexibility index (Phi) is 8.94. The van der Waals surface area contributed by atoms with Gasteiger partial charge in [-0.05, 0) is 54.9 Å². The molecular formula is C18H34N2O5. The van der Waals surface area contributed by atoms with Gasteiger partial charge in [-0.25, -0.2) is 9.59 Å². The van der Waals surface area contributed by atoms with Crippen LogP contribution in [0.4, 0.5) is 4.79 Å². The first-order valence-electron chi connectivity index (χ1n) is 8.78. The second-order valence-electron chi connectivity index (χ2n) is 8.10. The fourth-order valence-electron chi connectivity index (χ4n) is 1.88. The highest BCUT2D eigenvalue weighted by Gasteiger charge is 2.28. The van der Waals surface area contributed by atoms with E-state index in [0.29, 0.717) is 6.42 Å². The first-order valence-corrected chi connectivity index (χ1v) is 8.78. The Morgan fingerprint density at radius 2 is 1.44 bits per heavy atom. The lowest BCUT2D eigenvalue weighted by Gasteiger charge is -2.26. The van der Waals surface area contributed by atoms with Crippen molar-refractivity contribution in [3.8, 4) is 0 Å². The minimum Gasteiger partial charge on any atom is -0.458 e. The van der Waals surface area contributed by atoms with E-state index in [1.54, 1.807) is 41.5 Å². The maximum absolute atomic E-state index is 12.3. The van der Waals surface area contributed by atoms with Crippen molar-refractivity contribution < 1.29 is 23.9 Å². The van der Waals surface area contributed by atoms with E-state index in [2.05, 4.69) is 10.6 Å². The average molecular weight is 358 g/mol. The number of ether oxygens (including phenoxy) is 2. The molecule has 2 amide bonds. The Hall–Kier alpha value is -1.79. The van der Waals surface area contributed by atoms with Crippen molar-refractivity contribution in [3.05, 3.63) is 0 Å². The van der Waals surface area contributed by atoms with E-state index in [4.69, 9.17) is 9.47 Å². The number of alkyl carbamates (subject to hydrolysis) is 1. The quantitative estimate of drug-likeness (QED) is 0.683. The third kappa shape index (κ3) is 11.4. The summed E-state index contributed by atoms with van der Waals surface area (Å²) in [5.41, 5.74) is -1.28. The minimum atomic E-state index is -0.832. The molecule has 0 aromatic carbocycles. The zero-order valence-corrected chi connectivity index (χ0v) is 16.8. The van der Waals surface area contributed by atoms with Gasteiger partial charge < -0.3 is 20.1 Å². The topological polar surface area (TPSA) is 93.7 Å². The van der Waals surface area contributed by atoms with E-state index < -0.39 is 41.3 Å². The first-order chi connectivity index (χ1) is 11.2. The number of rotatable bonds is 7. The van der Waals surface area contributed by atoms with Gasteiger partial charge in [-0.1, -0.05) is 19.8 Å². The summed E-state index contributed by atoms with van der Waals surface area (Å²) in [5, 5.41) is 5.12. The summed E-state index contributed by atoms with van der Waals surface area (Å²) in [6.45, 7) is 14.1. The normalized spacial score (nSPS) is 14.2. The maximum Gasteiger partial charge on any atom is 0.408 e. The molecule has 0 heterocycles. The highest BCUT2D eigenvalue weighted by Crippen LogP contribution is 2.12. The molecule has 0 aliphatic carbocycles. The summed E-state index contributed by atoms with van der Waals surface area (Å²) in [5.74, 6) is -0.934. The molecule has 2 N–H and O–H groups in total. The van der Waals surface area contributed by atoms with E-state index >= 15 is 0 Å². The van der Waals surface area contributed by atoms with Crippen LogP contribution in [0.1, 0.15) is 74.7 Å². The number of carbonyl (C=O) groups is 3. The van der Waals surface area contributed by atoms with Gasteiger partial charge in [-0.3, -0.25) is 4.79 Å². The van der Waals surface area contributed by atoms with Crippen LogP contribution >= 0.6 is 0 Å². The Morgan fingerprint density at radius 1 is 0.920 bits per heavy atom. The number of carbonyl (C=O) groups excluding carboxylic acids is 3. The summed E-state index contributed by atoms with van der Waals surface area (Å²) in [6.07, 6.45) is 1.47. The van der Waals surface area contributed by atoms with Gasteiger partial charge in [0.2, 0.25) is 5.91 Å². The fraction of sp³-hybridized carbons (Fsp3) is 0.833. The second-order valence-corrected chi connectivity index (χ2v) is 8.10. The molecule has 0 aliphatic heterocycles. The molecule has 0 fully saturated rings. The first kappa shape index (κ1) is 23.2. The molecule has 2 atom stereocenters. The minimum absolute atomic E-state index is 0.460. The van der Waals surface area contributed by atoms with Crippen LogP contribution in [0.25, 0.3) is 0 Å². The summed E-state index contributed by atoms with van der Waals surface area (Å²) in [6, 6.07) is -1.57. The van der Waals surface area contributed by atoms with E-state index in [-0.39, 0.29) is 0 Å². The maximum atomic E-state index is 12.3. The Morgan fingerprint density at radius 3 is 1.88 bits per heavy atom. The molecule has 0 aromatic rings. The van der Waals surface area contributed by atoms with Gasteiger partial charge >= 0.3 is 12.1 Å². The van der Waals surface area contributed by atoms with Crippen LogP contribution in [0, 0.1) is 0 Å². The number of amides is 2. The highest BCUT2D eigenvalue weighted by molar-refractivity contribution is 5.89. The SMILES string of the molecule is CCCC[C@H](NC(=O)[C@H](C)NC(=O)OC(C)(C)C)C(=O)OC(C)(C)C. The molecule has 25 heavy (non-hydrogen) atoms. The molecule has 0 unspecified atom stereocenters. The molecular weight excluding hydrogens is 324 g/mol. The van der Waals surface area contributed by atoms with Crippen LogP contribution in [0.5, 0.6) is 0 Å². The van der Waals surface area contributed by atoms with Crippen LogP contribution in [-0.4, -0.2) is 41.3 Å². The lowest BCUT2D eigenvalue weighted by atomic mass is 10.1. The van der Waals surface area contributed by atoms with Crippen LogP contribution in [0.2, 0.25) is 0 Å². The van der Waals surface area contributed by atoms with E-state index in [1.807, 2.05) is 6.92 Å². The number of hydrogen-bond donors (Lipinski definition) is 2. The number of nitrogens with one attached hydrogen (secondary N) is 2. The standard InChI is InChI=1S/C18H34N2O5/c1-9-10-11-13(15(22)24-17(3,4)5)20-14(21)12(2)19-16(23)25-18(6,7)8/h12-13H,9-11H2,1-8H3,(H,19,23)(H,20,21)/t12-,13-/m0/s1. The van der Waals surface area contributed by atoms with Crippen molar-refractivity contribution in [1.29, 1.82) is 0 Å². The van der Waals surface area contributed by atoms with Crippen molar-refractivity contribution in [1.82, 2.24) is 10.6 Å². The van der Waals surface area contributed by atoms with Crippen molar-refractivity contribution in [2.24, 2.45) is 0 Å². The number of hydrogen-bond acceptors (Lipinski definition) is 5.